The zero-order chi connectivity index (χ0) is 17.0. The van der Waals surface area contributed by atoms with E-state index >= 15 is 0 Å². The van der Waals surface area contributed by atoms with Gasteiger partial charge in [0.1, 0.15) is 0 Å². The van der Waals surface area contributed by atoms with Gasteiger partial charge in [0.05, 0.1) is 5.92 Å². The summed E-state index contributed by atoms with van der Waals surface area (Å²) in [6.07, 6.45) is -2.74. The van der Waals surface area contributed by atoms with Gasteiger partial charge < -0.3 is 14.7 Å². The molecule has 1 aromatic rings. The first-order valence-corrected chi connectivity index (χ1v) is 7.69. The summed E-state index contributed by atoms with van der Waals surface area (Å²) >= 11 is 0. The molecule has 2 rings (SSSR count). The third-order valence-corrected chi connectivity index (χ3v) is 3.91. The van der Waals surface area contributed by atoms with Crippen LogP contribution in [0.3, 0.4) is 0 Å². The number of carbonyl (C=O) groups is 1. The Labute approximate surface area is 132 Å². The number of hydrogen-bond donors (Lipinski definition) is 1. The smallest absolute Gasteiger partial charge is 0.355 e. The zero-order valence-corrected chi connectivity index (χ0v) is 13.2. The third kappa shape index (κ3) is 4.92. The molecule has 1 aliphatic rings. The summed E-state index contributed by atoms with van der Waals surface area (Å²) in [7, 11) is 0. The van der Waals surface area contributed by atoms with Crippen molar-refractivity contribution in [3.63, 3.8) is 0 Å². The third-order valence-electron chi connectivity index (χ3n) is 3.91. The fourth-order valence-electron chi connectivity index (χ4n) is 2.60. The summed E-state index contributed by atoms with van der Waals surface area (Å²) in [5, 5.41) is 6.00. The lowest BCUT2D eigenvalue weighted by Gasteiger charge is -2.34. The largest absolute Gasteiger partial charge is 0.471 e. The van der Waals surface area contributed by atoms with Crippen molar-refractivity contribution in [2.45, 2.75) is 45.3 Å². The molecule has 0 radical (unpaired) electrons. The predicted molar refractivity (Wildman–Crippen MR) is 75.4 cm³/mol. The maximum absolute atomic E-state index is 12.3. The number of rotatable bonds is 5. The van der Waals surface area contributed by atoms with Crippen LogP contribution >= 0.6 is 0 Å². The average Bonchev–Trinajstić information content (AvgIpc) is 2.96. The van der Waals surface area contributed by atoms with E-state index in [9.17, 15) is 18.0 Å². The number of amides is 1. The van der Waals surface area contributed by atoms with E-state index in [-0.39, 0.29) is 30.6 Å². The predicted octanol–water partition coefficient (Wildman–Crippen LogP) is 1.87. The number of halogens is 3. The molecule has 1 amide bonds. The summed E-state index contributed by atoms with van der Waals surface area (Å²) in [6, 6.07) is 0.394. The fourth-order valence-corrected chi connectivity index (χ4v) is 2.60. The molecule has 0 saturated carbocycles. The molecule has 6 nitrogen and oxygen atoms in total. The first-order chi connectivity index (χ1) is 10.8. The molecule has 23 heavy (non-hydrogen) atoms. The standard InChI is InChI=1S/C14H21F3N4O2/c1-9(2)21-7-3-4-10(8-21)12(22)18-6-5-11-19-13(23-20-11)14(15,16)17/h9-10H,3-8H2,1-2H3,(H,18,22)/t10-/m1/s1. The Kier molecular flexibility index (Phi) is 5.61. The molecule has 1 aliphatic heterocycles. The number of likely N-dealkylation sites (tertiary alicyclic amines) is 1. The van der Waals surface area contributed by atoms with Crippen LogP contribution in [0.5, 0.6) is 0 Å². The normalized spacial score (nSPS) is 20.0. The molecule has 1 fully saturated rings. The zero-order valence-electron chi connectivity index (χ0n) is 13.2. The van der Waals surface area contributed by atoms with Crippen molar-refractivity contribution in [3.8, 4) is 0 Å². The minimum Gasteiger partial charge on any atom is -0.355 e. The quantitative estimate of drug-likeness (QED) is 0.890. The van der Waals surface area contributed by atoms with Gasteiger partial charge in [-0.3, -0.25) is 4.79 Å². The van der Waals surface area contributed by atoms with Gasteiger partial charge in [-0.05, 0) is 33.2 Å². The fraction of sp³-hybridized carbons (Fsp3) is 0.786. The molecular formula is C14H21F3N4O2. The molecule has 1 aromatic heterocycles. The minimum atomic E-state index is -4.64. The first kappa shape index (κ1) is 17.7. The van der Waals surface area contributed by atoms with E-state index in [0.717, 1.165) is 19.4 Å². The van der Waals surface area contributed by atoms with Gasteiger partial charge in [-0.2, -0.15) is 18.2 Å². The van der Waals surface area contributed by atoms with E-state index in [1.807, 2.05) is 0 Å². The highest BCUT2D eigenvalue weighted by atomic mass is 19.4. The van der Waals surface area contributed by atoms with Crippen LogP contribution in [-0.2, 0) is 17.4 Å². The molecule has 0 aromatic carbocycles. The van der Waals surface area contributed by atoms with Crippen molar-refractivity contribution in [2.75, 3.05) is 19.6 Å². The molecule has 1 saturated heterocycles. The van der Waals surface area contributed by atoms with Gasteiger partial charge in [0.25, 0.3) is 0 Å². The number of piperidine rings is 1. The van der Waals surface area contributed by atoms with E-state index in [4.69, 9.17) is 0 Å². The van der Waals surface area contributed by atoms with Gasteiger partial charge in [-0.15, -0.1) is 0 Å². The SMILES string of the molecule is CC(C)N1CCC[C@@H](C(=O)NCCc2noc(C(F)(F)F)n2)C1. The van der Waals surface area contributed by atoms with E-state index < -0.39 is 12.1 Å². The van der Waals surface area contributed by atoms with Crippen molar-refractivity contribution in [3.05, 3.63) is 11.7 Å². The van der Waals surface area contributed by atoms with E-state index in [1.165, 1.54) is 0 Å². The molecule has 130 valence electrons. The Hall–Kier alpha value is -1.64. The molecule has 0 unspecified atom stereocenters. The molecule has 1 atom stereocenters. The summed E-state index contributed by atoms with van der Waals surface area (Å²) in [5.41, 5.74) is 0. The maximum atomic E-state index is 12.3. The lowest BCUT2D eigenvalue weighted by molar-refractivity contribution is -0.159. The van der Waals surface area contributed by atoms with E-state index in [0.29, 0.717) is 12.6 Å². The van der Waals surface area contributed by atoms with Crippen LogP contribution in [0.1, 0.15) is 38.4 Å². The van der Waals surface area contributed by atoms with Crippen molar-refractivity contribution in [1.82, 2.24) is 20.4 Å². The number of nitrogens with zero attached hydrogens (tertiary/aromatic N) is 3. The van der Waals surface area contributed by atoms with Crippen LogP contribution in [0.15, 0.2) is 4.52 Å². The number of alkyl halides is 3. The molecule has 0 spiro atoms. The molecule has 9 heteroatoms. The number of aromatic nitrogens is 2. The minimum absolute atomic E-state index is 0.0647. The summed E-state index contributed by atoms with van der Waals surface area (Å²) in [4.78, 5) is 17.7. The second-order valence-electron chi connectivity index (χ2n) is 5.98. The highest BCUT2D eigenvalue weighted by Gasteiger charge is 2.38. The average molecular weight is 334 g/mol. The highest BCUT2D eigenvalue weighted by molar-refractivity contribution is 5.78. The maximum Gasteiger partial charge on any atom is 0.471 e. The van der Waals surface area contributed by atoms with Crippen LogP contribution in [0.2, 0.25) is 0 Å². The van der Waals surface area contributed by atoms with E-state index in [1.54, 1.807) is 0 Å². The second-order valence-corrected chi connectivity index (χ2v) is 5.98. The van der Waals surface area contributed by atoms with Gasteiger partial charge in [0.15, 0.2) is 5.82 Å². The van der Waals surface area contributed by atoms with Crippen LogP contribution in [-0.4, -0.2) is 46.6 Å². The highest BCUT2D eigenvalue weighted by Crippen LogP contribution is 2.27. The number of nitrogens with one attached hydrogen (secondary N) is 1. The molecule has 0 bridgehead atoms. The first-order valence-electron chi connectivity index (χ1n) is 7.69. The summed E-state index contributed by atoms with van der Waals surface area (Å²) in [6.45, 7) is 6.08. The van der Waals surface area contributed by atoms with Crippen molar-refractivity contribution in [1.29, 1.82) is 0 Å². The van der Waals surface area contributed by atoms with Crippen LogP contribution < -0.4 is 5.32 Å². The Morgan fingerprint density at radius 3 is 2.83 bits per heavy atom. The molecule has 0 aliphatic carbocycles. The molecule has 2 heterocycles. The van der Waals surface area contributed by atoms with Gasteiger partial charge >= 0.3 is 12.1 Å². The van der Waals surface area contributed by atoms with Gasteiger partial charge in [-0.1, -0.05) is 5.16 Å². The topological polar surface area (TPSA) is 71.3 Å². The van der Waals surface area contributed by atoms with E-state index in [2.05, 4.69) is 38.7 Å². The van der Waals surface area contributed by atoms with Crippen molar-refractivity contribution in [2.24, 2.45) is 5.92 Å². The summed E-state index contributed by atoms with van der Waals surface area (Å²) < 4.78 is 41.1. The Bertz CT molecular complexity index is 530. The lowest BCUT2D eigenvalue weighted by Crippen LogP contribution is -2.45. The van der Waals surface area contributed by atoms with Gasteiger partial charge in [0, 0.05) is 25.6 Å². The van der Waals surface area contributed by atoms with Crippen LogP contribution in [0.25, 0.3) is 0 Å². The van der Waals surface area contributed by atoms with Crippen LogP contribution in [0.4, 0.5) is 13.2 Å². The summed E-state index contributed by atoms with van der Waals surface area (Å²) in [5.74, 6) is -1.58. The Morgan fingerprint density at radius 2 is 2.22 bits per heavy atom. The van der Waals surface area contributed by atoms with Crippen LogP contribution in [0, 0.1) is 5.92 Å². The Morgan fingerprint density at radius 1 is 1.48 bits per heavy atom. The molecular weight excluding hydrogens is 313 g/mol. The van der Waals surface area contributed by atoms with Gasteiger partial charge in [-0.25, -0.2) is 0 Å². The lowest BCUT2D eigenvalue weighted by atomic mass is 9.96. The molecule has 1 N–H and O–H groups in total. The van der Waals surface area contributed by atoms with Crippen molar-refractivity contribution < 1.29 is 22.5 Å². The number of carbonyl (C=O) groups excluding carboxylic acids is 1. The Balaban J connectivity index is 1.77. The monoisotopic (exact) mass is 334 g/mol. The van der Waals surface area contributed by atoms with Gasteiger partial charge in [0.2, 0.25) is 5.91 Å². The van der Waals surface area contributed by atoms with Crippen molar-refractivity contribution >= 4 is 5.91 Å². The number of hydrogen-bond acceptors (Lipinski definition) is 5. The second kappa shape index (κ2) is 7.29.